The number of likely N-dealkylation sites (tertiary alicyclic amines) is 1. The lowest BCUT2D eigenvalue weighted by atomic mass is 10.2. The number of rotatable bonds is 7. The van der Waals surface area contributed by atoms with Crippen molar-refractivity contribution in [3.8, 4) is 0 Å². The fraction of sp³-hybridized carbons (Fsp3) is 0.450. The second kappa shape index (κ2) is 9.55. The van der Waals surface area contributed by atoms with Crippen molar-refractivity contribution in [2.45, 2.75) is 38.6 Å². The van der Waals surface area contributed by atoms with Gasteiger partial charge in [-0.3, -0.25) is 9.59 Å². The number of anilines is 1. The van der Waals surface area contributed by atoms with Crippen molar-refractivity contribution in [1.82, 2.24) is 14.7 Å². The lowest BCUT2D eigenvalue weighted by Crippen LogP contribution is -2.32. The molecule has 1 aliphatic heterocycles. The molecule has 1 N–H and O–H groups in total. The van der Waals surface area contributed by atoms with Crippen LogP contribution in [0.5, 0.6) is 0 Å². The molecule has 1 aromatic heterocycles. The topological polar surface area (TPSA) is 67.2 Å². The number of carbonyl (C=O) groups is 1. The van der Waals surface area contributed by atoms with E-state index in [9.17, 15) is 9.59 Å². The summed E-state index contributed by atoms with van der Waals surface area (Å²) in [4.78, 5) is 26.4. The summed E-state index contributed by atoms with van der Waals surface area (Å²) in [6.45, 7) is 2.59. The number of hydrogen-bond acceptors (Lipinski definition) is 4. The van der Waals surface area contributed by atoms with E-state index in [0.717, 1.165) is 44.3 Å². The lowest BCUT2D eigenvalue weighted by molar-refractivity contribution is -0.130. The van der Waals surface area contributed by atoms with Gasteiger partial charge in [0.1, 0.15) is 5.02 Å². The summed E-state index contributed by atoms with van der Waals surface area (Å²) in [7, 11) is 0. The fourth-order valence-corrected chi connectivity index (χ4v) is 3.44. The SMILES string of the molecule is O=C1CCCCCN1CCCNc1cnn(Cc2ccccc2)c(=O)c1Cl. The molecular formula is C20H25ClN4O2. The Morgan fingerprint density at radius 3 is 2.74 bits per heavy atom. The molecule has 6 nitrogen and oxygen atoms in total. The molecule has 27 heavy (non-hydrogen) atoms. The smallest absolute Gasteiger partial charge is 0.287 e. The summed E-state index contributed by atoms with van der Waals surface area (Å²) >= 11 is 6.24. The summed E-state index contributed by atoms with van der Waals surface area (Å²) in [5, 5.41) is 7.53. The third-order valence-electron chi connectivity index (χ3n) is 4.75. The maximum atomic E-state index is 12.4. The molecule has 2 heterocycles. The maximum absolute atomic E-state index is 12.4. The van der Waals surface area contributed by atoms with Crippen LogP contribution in [0, 0.1) is 0 Å². The van der Waals surface area contributed by atoms with Gasteiger partial charge < -0.3 is 10.2 Å². The van der Waals surface area contributed by atoms with Crippen LogP contribution >= 0.6 is 11.6 Å². The zero-order valence-electron chi connectivity index (χ0n) is 15.4. The number of amides is 1. The van der Waals surface area contributed by atoms with Crippen LogP contribution in [0.1, 0.15) is 37.7 Å². The summed E-state index contributed by atoms with van der Waals surface area (Å²) < 4.78 is 1.36. The summed E-state index contributed by atoms with van der Waals surface area (Å²) in [5.41, 5.74) is 1.22. The van der Waals surface area contributed by atoms with Crippen LogP contribution in [0.25, 0.3) is 0 Å². The fourth-order valence-electron chi connectivity index (χ4n) is 3.23. The molecule has 0 radical (unpaired) electrons. The number of halogens is 1. The predicted octanol–water partition coefficient (Wildman–Crippen LogP) is 3.15. The first kappa shape index (κ1) is 19.4. The molecular weight excluding hydrogens is 364 g/mol. The first-order chi connectivity index (χ1) is 13.1. The zero-order chi connectivity index (χ0) is 19.1. The average molecular weight is 389 g/mol. The van der Waals surface area contributed by atoms with Crippen LogP contribution < -0.4 is 10.9 Å². The van der Waals surface area contributed by atoms with Crippen LogP contribution in [-0.4, -0.2) is 40.2 Å². The minimum absolute atomic E-state index is 0.145. The molecule has 7 heteroatoms. The van der Waals surface area contributed by atoms with Crippen molar-refractivity contribution in [1.29, 1.82) is 0 Å². The molecule has 144 valence electrons. The molecule has 1 saturated heterocycles. The highest BCUT2D eigenvalue weighted by Gasteiger charge is 2.16. The van der Waals surface area contributed by atoms with Crippen molar-refractivity contribution in [2.24, 2.45) is 0 Å². The molecule has 1 aliphatic rings. The van der Waals surface area contributed by atoms with E-state index in [-0.39, 0.29) is 16.5 Å². The third kappa shape index (κ3) is 5.32. The van der Waals surface area contributed by atoms with Gasteiger partial charge in [0.15, 0.2) is 0 Å². The van der Waals surface area contributed by atoms with E-state index in [4.69, 9.17) is 11.6 Å². The minimum Gasteiger partial charge on any atom is -0.382 e. The summed E-state index contributed by atoms with van der Waals surface area (Å²) in [5.74, 6) is 0.246. The van der Waals surface area contributed by atoms with E-state index in [2.05, 4.69) is 10.4 Å². The first-order valence-corrected chi connectivity index (χ1v) is 9.84. The molecule has 0 bridgehead atoms. The second-order valence-corrected chi connectivity index (χ2v) is 7.17. The molecule has 0 spiro atoms. The number of nitrogens with zero attached hydrogens (tertiary/aromatic N) is 3. The number of nitrogens with one attached hydrogen (secondary N) is 1. The Kier molecular flexibility index (Phi) is 6.87. The van der Waals surface area contributed by atoms with Crippen LogP contribution in [0.4, 0.5) is 5.69 Å². The van der Waals surface area contributed by atoms with E-state index in [1.54, 1.807) is 6.20 Å². The van der Waals surface area contributed by atoms with Gasteiger partial charge in [-0.25, -0.2) is 4.68 Å². The second-order valence-electron chi connectivity index (χ2n) is 6.79. The number of aromatic nitrogens is 2. The standard InChI is InChI=1S/C20H25ClN4O2/c21-19-17(22-11-7-13-24-12-6-2-5-10-18(24)26)14-23-25(20(19)27)15-16-8-3-1-4-9-16/h1,3-4,8-9,14,22H,2,5-7,10-13,15H2. The Labute approximate surface area is 164 Å². The van der Waals surface area contributed by atoms with Gasteiger partial charge in [-0.15, -0.1) is 0 Å². The van der Waals surface area contributed by atoms with Gasteiger partial charge in [-0.1, -0.05) is 48.4 Å². The van der Waals surface area contributed by atoms with Gasteiger partial charge in [-0.05, 0) is 24.8 Å². The van der Waals surface area contributed by atoms with E-state index in [0.29, 0.717) is 25.2 Å². The Morgan fingerprint density at radius 2 is 1.93 bits per heavy atom. The molecule has 2 aromatic rings. The van der Waals surface area contributed by atoms with Crippen LogP contribution in [-0.2, 0) is 11.3 Å². The van der Waals surface area contributed by atoms with Crippen molar-refractivity contribution in [3.05, 3.63) is 57.5 Å². The lowest BCUT2D eigenvalue weighted by Gasteiger charge is -2.20. The maximum Gasteiger partial charge on any atom is 0.287 e. The Morgan fingerprint density at radius 1 is 1.11 bits per heavy atom. The van der Waals surface area contributed by atoms with Gasteiger partial charge in [-0.2, -0.15) is 5.10 Å². The van der Waals surface area contributed by atoms with E-state index >= 15 is 0 Å². The van der Waals surface area contributed by atoms with Gasteiger partial charge in [0, 0.05) is 26.1 Å². The van der Waals surface area contributed by atoms with Gasteiger partial charge in [0.2, 0.25) is 5.91 Å². The molecule has 0 aliphatic carbocycles. The number of hydrogen-bond donors (Lipinski definition) is 1. The summed E-state index contributed by atoms with van der Waals surface area (Å²) in [6, 6.07) is 9.66. The largest absolute Gasteiger partial charge is 0.382 e. The number of carbonyl (C=O) groups excluding carboxylic acids is 1. The van der Waals surface area contributed by atoms with Crippen molar-refractivity contribution < 1.29 is 4.79 Å². The van der Waals surface area contributed by atoms with Gasteiger partial charge >= 0.3 is 0 Å². The quantitative estimate of drug-likeness (QED) is 0.740. The highest BCUT2D eigenvalue weighted by Crippen LogP contribution is 2.16. The number of benzene rings is 1. The first-order valence-electron chi connectivity index (χ1n) is 9.46. The molecule has 0 saturated carbocycles. The van der Waals surface area contributed by atoms with E-state index in [1.165, 1.54) is 4.68 Å². The summed E-state index contributed by atoms with van der Waals surface area (Å²) in [6.07, 6.45) is 6.24. The van der Waals surface area contributed by atoms with Crippen molar-refractivity contribution in [2.75, 3.05) is 25.0 Å². The molecule has 1 aromatic carbocycles. The highest BCUT2D eigenvalue weighted by atomic mass is 35.5. The van der Waals surface area contributed by atoms with Gasteiger partial charge in [0.25, 0.3) is 5.56 Å². The van der Waals surface area contributed by atoms with Crippen LogP contribution in [0.15, 0.2) is 41.3 Å². The highest BCUT2D eigenvalue weighted by molar-refractivity contribution is 6.32. The Bertz CT molecular complexity index is 822. The molecule has 1 amide bonds. The molecule has 0 unspecified atom stereocenters. The molecule has 1 fully saturated rings. The van der Waals surface area contributed by atoms with Crippen molar-refractivity contribution in [3.63, 3.8) is 0 Å². The van der Waals surface area contributed by atoms with Crippen molar-refractivity contribution >= 4 is 23.2 Å². The Balaban J connectivity index is 1.54. The van der Waals surface area contributed by atoms with Gasteiger partial charge in [0.05, 0.1) is 18.4 Å². The van der Waals surface area contributed by atoms with Crippen LogP contribution in [0.3, 0.4) is 0 Å². The van der Waals surface area contributed by atoms with E-state index < -0.39 is 0 Å². The third-order valence-corrected chi connectivity index (χ3v) is 5.12. The monoisotopic (exact) mass is 388 g/mol. The molecule has 0 atom stereocenters. The van der Waals surface area contributed by atoms with E-state index in [1.807, 2.05) is 35.2 Å². The predicted molar refractivity (Wildman–Crippen MR) is 107 cm³/mol. The average Bonchev–Trinajstić information content (AvgIpc) is 2.89. The minimum atomic E-state index is -0.312. The van der Waals surface area contributed by atoms with Crippen LogP contribution in [0.2, 0.25) is 5.02 Å². The normalized spacial score (nSPS) is 14.9. The molecule has 3 rings (SSSR count). The zero-order valence-corrected chi connectivity index (χ0v) is 16.1. The Hall–Kier alpha value is -2.34.